The second-order valence-corrected chi connectivity index (χ2v) is 10.3. The lowest BCUT2D eigenvalue weighted by Crippen LogP contribution is -2.54. The number of nitrogens with two attached hydrogens (primary N) is 1. The third kappa shape index (κ3) is 4.58. The largest absolute Gasteiger partial charge is 0.497 e. The van der Waals surface area contributed by atoms with Crippen molar-refractivity contribution in [2.75, 3.05) is 32.6 Å². The van der Waals surface area contributed by atoms with E-state index in [1.807, 2.05) is 74.1 Å². The number of nitrogens with zero attached hydrogens (tertiary/aromatic N) is 3. The first-order chi connectivity index (χ1) is 16.5. The Hall–Kier alpha value is -3.16. The van der Waals surface area contributed by atoms with Crippen LogP contribution in [0.3, 0.4) is 0 Å². The van der Waals surface area contributed by atoms with E-state index in [1.54, 1.807) is 7.11 Å². The number of likely N-dealkylation sites (N-methyl/N-ethyl adjacent to an activating group) is 1. The van der Waals surface area contributed by atoms with Crippen LogP contribution in [-0.2, 0) is 9.59 Å². The van der Waals surface area contributed by atoms with Crippen molar-refractivity contribution in [3.8, 4) is 5.75 Å². The van der Waals surface area contributed by atoms with E-state index < -0.39 is 17.5 Å². The molecule has 2 N–H and O–H groups in total. The number of likely N-dealkylation sites (tertiary alicyclic amines) is 1. The smallest absolute Gasteiger partial charge is 0.241 e. The van der Waals surface area contributed by atoms with E-state index in [2.05, 4.69) is 30.0 Å². The van der Waals surface area contributed by atoms with E-state index in [9.17, 15) is 9.59 Å². The van der Waals surface area contributed by atoms with Crippen LogP contribution in [0.1, 0.15) is 44.4 Å². The van der Waals surface area contributed by atoms with Crippen molar-refractivity contribution < 1.29 is 14.3 Å². The highest BCUT2D eigenvalue weighted by Gasteiger charge is 2.47. The predicted molar refractivity (Wildman–Crippen MR) is 139 cm³/mol. The molecule has 2 aliphatic rings. The molecule has 7 nitrogen and oxygen atoms in total. The average Bonchev–Trinajstić information content (AvgIpc) is 3.18. The molecule has 2 aromatic carbocycles. The first kappa shape index (κ1) is 24.9. The van der Waals surface area contributed by atoms with Crippen LogP contribution in [0.4, 0.5) is 5.69 Å². The Morgan fingerprint density at radius 1 is 1.14 bits per heavy atom. The molecule has 186 valence electrons. The fourth-order valence-electron chi connectivity index (χ4n) is 5.77. The normalized spacial score (nSPS) is 23.7. The van der Waals surface area contributed by atoms with Gasteiger partial charge in [0.1, 0.15) is 5.75 Å². The van der Waals surface area contributed by atoms with Crippen LogP contribution < -0.4 is 15.4 Å². The van der Waals surface area contributed by atoms with Crippen molar-refractivity contribution in [2.24, 2.45) is 5.73 Å². The summed E-state index contributed by atoms with van der Waals surface area (Å²) < 4.78 is 5.43. The molecular formula is C28H36N4O3. The van der Waals surface area contributed by atoms with Gasteiger partial charge in [0.15, 0.2) is 0 Å². The van der Waals surface area contributed by atoms with Crippen LogP contribution in [0.25, 0.3) is 5.57 Å². The third-order valence-corrected chi connectivity index (χ3v) is 7.30. The SMILES string of the molecule is COc1ccc2c(c1)C(C)=CC(C)(C)N2C(=O)CN1[C@H](C(N)=O)C[C@@H](N(C)C)[C@@H]1c1ccccc1. The Labute approximate surface area is 208 Å². The first-order valence-electron chi connectivity index (χ1n) is 12.0. The van der Waals surface area contributed by atoms with Crippen molar-refractivity contribution in [1.29, 1.82) is 0 Å². The van der Waals surface area contributed by atoms with Crippen molar-refractivity contribution >= 4 is 23.1 Å². The van der Waals surface area contributed by atoms with Crippen LogP contribution in [0.5, 0.6) is 5.75 Å². The standard InChI is InChI=1S/C28H36N4O3/c1-18-16-28(2,3)32(22-13-12-20(35-6)14-21(18)22)25(33)17-31-24(27(29)34)15-23(30(4)5)26(31)19-10-8-7-9-11-19/h7-14,16,23-24,26H,15,17H2,1-6H3,(H2,29,34)/t23-,24+,26+/m1/s1. The van der Waals surface area contributed by atoms with Crippen LogP contribution in [0, 0.1) is 0 Å². The molecule has 35 heavy (non-hydrogen) atoms. The van der Waals surface area contributed by atoms with Gasteiger partial charge in [-0.15, -0.1) is 0 Å². The Morgan fingerprint density at radius 2 is 1.83 bits per heavy atom. The Kier molecular flexibility index (Phi) is 6.75. The maximum Gasteiger partial charge on any atom is 0.241 e. The highest BCUT2D eigenvalue weighted by Crippen LogP contribution is 2.42. The number of carbonyl (C=O) groups excluding carboxylic acids is 2. The molecule has 0 saturated carbocycles. The number of methoxy groups -OCH3 is 1. The second kappa shape index (κ2) is 9.47. The molecule has 2 amide bonds. The lowest BCUT2D eigenvalue weighted by atomic mass is 9.88. The van der Waals surface area contributed by atoms with Gasteiger partial charge in [-0.3, -0.25) is 14.5 Å². The van der Waals surface area contributed by atoms with Crippen molar-refractivity contribution in [3.63, 3.8) is 0 Å². The number of primary amides is 1. The van der Waals surface area contributed by atoms with E-state index in [-0.39, 0.29) is 24.5 Å². The molecule has 0 aliphatic carbocycles. The molecule has 1 fully saturated rings. The molecular weight excluding hydrogens is 440 g/mol. The number of rotatable bonds is 6. The number of carbonyl (C=O) groups is 2. The van der Waals surface area contributed by atoms with Gasteiger partial charge in [0.05, 0.1) is 37.0 Å². The molecule has 2 aromatic rings. The number of hydrogen-bond acceptors (Lipinski definition) is 5. The Balaban J connectivity index is 1.74. The molecule has 3 atom stereocenters. The molecule has 4 rings (SSSR count). The van der Waals surface area contributed by atoms with Crippen LogP contribution in [0.2, 0.25) is 0 Å². The fourth-order valence-corrected chi connectivity index (χ4v) is 5.77. The van der Waals surface area contributed by atoms with Gasteiger partial charge in [-0.1, -0.05) is 36.4 Å². The fraction of sp³-hybridized carbons (Fsp3) is 0.429. The zero-order valence-electron chi connectivity index (χ0n) is 21.5. The highest BCUT2D eigenvalue weighted by atomic mass is 16.5. The summed E-state index contributed by atoms with van der Waals surface area (Å²) in [5.74, 6) is 0.272. The Morgan fingerprint density at radius 3 is 2.43 bits per heavy atom. The molecule has 0 bridgehead atoms. The van der Waals surface area contributed by atoms with Gasteiger partial charge >= 0.3 is 0 Å². The number of allylic oxidation sites excluding steroid dienone is 1. The van der Waals surface area contributed by atoms with E-state index in [0.29, 0.717) is 6.42 Å². The topological polar surface area (TPSA) is 79.1 Å². The molecule has 7 heteroatoms. The van der Waals surface area contributed by atoms with E-state index in [0.717, 1.165) is 28.1 Å². The number of fused-ring (bicyclic) bond motifs is 1. The average molecular weight is 477 g/mol. The van der Waals surface area contributed by atoms with Gasteiger partial charge < -0.3 is 20.3 Å². The van der Waals surface area contributed by atoms with Gasteiger partial charge in [-0.2, -0.15) is 0 Å². The summed E-state index contributed by atoms with van der Waals surface area (Å²) in [4.78, 5) is 32.6. The first-order valence-corrected chi connectivity index (χ1v) is 12.0. The van der Waals surface area contributed by atoms with Crippen molar-refractivity contribution in [2.45, 2.75) is 50.9 Å². The minimum atomic E-state index is -0.534. The molecule has 0 aromatic heterocycles. The van der Waals surface area contributed by atoms with E-state index in [1.165, 1.54) is 0 Å². The van der Waals surface area contributed by atoms with Gasteiger partial charge in [-0.05, 0) is 70.6 Å². The highest BCUT2D eigenvalue weighted by molar-refractivity contribution is 6.02. The Bertz CT molecular complexity index is 1140. The van der Waals surface area contributed by atoms with Gasteiger partial charge in [0.25, 0.3) is 0 Å². The minimum Gasteiger partial charge on any atom is -0.497 e. The van der Waals surface area contributed by atoms with Gasteiger partial charge in [0.2, 0.25) is 11.8 Å². The second-order valence-electron chi connectivity index (χ2n) is 10.3. The minimum absolute atomic E-state index is 0.0516. The summed E-state index contributed by atoms with van der Waals surface area (Å²) >= 11 is 0. The monoisotopic (exact) mass is 476 g/mol. The lowest BCUT2D eigenvalue weighted by molar-refractivity contribution is -0.125. The number of amides is 2. The zero-order chi connectivity index (χ0) is 25.5. The summed E-state index contributed by atoms with van der Waals surface area (Å²) in [5, 5.41) is 0. The number of benzene rings is 2. The van der Waals surface area contributed by atoms with Crippen molar-refractivity contribution in [1.82, 2.24) is 9.80 Å². The summed E-state index contributed by atoms with van der Waals surface area (Å²) in [7, 11) is 5.66. The van der Waals surface area contributed by atoms with Gasteiger partial charge in [-0.25, -0.2) is 0 Å². The summed E-state index contributed by atoms with van der Waals surface area (Å²) in [6.45, 7) is 6.21. The molecule has 2 aliphatic heterocycles. The quantitative estimate of drug-likeness (QED) is 0.691. The number of anilines is 1. The van der Waals surface area contributed by atoms with Gasteiger partial charge in [0, 0.05) is 11.6 Å². The molecule has 2 heterocycles. The predicted octanol–water partition coefficient (Wildman–Crippen LogP) is 3.45. The maximum absolute atomic E-state index is 14.1. The number of ether oxygens (including phenoxy) is 1. The third-order valence-electron chi connectivity index (χ3n) is 7.30. The number of hydrogen-bond donors (Lipinski definition) is 1. The van der Waals surface area contributed by atoms with E-state index >= 15 is 0 Å². The maximum atomic E-state index is 14.1. The molecule has 0 spiro atoms. The van der Waals surface area contributed by atoms with Crippen LogP contribution in [-0.4, -0.2) is 67.0 Å². The molecule has 0 radical (unpaired) electrons. The molecule has 1 saturated heterocycles. The van der Waals surface area contributed by atoms with Crippen molar-refractivity contribution in [3.05, 3.63) is 65.7 Å². The lowest BCUT2D eigenvalue weighted by Gasteiger charge is -2.43. The zero-order valence-corrected chi connectivity index (χ0v) is 21.5. The van der Waals surface area contributed by atoms with Crippen LogP contribution >= 0.6 is 0 Å². The molecule has 0 unspecified atom stereocenters. The van der Waals surface area contributed by atoms with E-state index in [4.69, 9.17) is 10.5 Å². The van der Waals surface area contributed by atoms with Crippen LogP contribution in [0.15, 0.2) is 54.6 Å². The summed E-state index contributed by atoms with van der Waals surface area (Å²) in [6.07, 6.45) is 2.69. The summed E-state index contributed by atoms with van der Waals surface area (Å²) in [6, 6.07) is 15.2. The summed E-state index contributed by atoms with van der Waals surface area (Å²) in [5.41, 5.74) is 9.32.